The van der Waals surface area contributed by atoms with Crippen molar-refractivity contribution in [2.45, 2.75) is 39.5 Å². The first-order valence-corrected chi connectivity index (χ1v) is 9.78. The van der Waals surface area contributed by atoms with Crippen molar-refractivity contribution in [2.24, 2.45) is 11.8 Å². The summed E-state index contributed by atoms with van der Waals surface area (Å²) in [6.45, 7) is 4.64. The van der Waals surface area contributed by atoms with Crippen molar-refractivity contribution in [3.05, 3.63) is 58.7 Å². The molecule has 0 saturated carbocycles. The summed E-state index contributed by atoms with van der Waals surface area (Å²) in [5.41, 5.74) is 8.95. The number of hydrogen-bond acceptors (Lipinski definition) is 2. The van der Waals surface area contributed by atoms with E-state index < -0.39 is 0 Å². The molecule has 0 fully saturated rings. The highest BCUT2D eigenvalue weighted by atomic mass is 16.5. The van der Waals surface area contributed by atoms with Crippen molar-refractivity contribution in [3.8, 4) is 11.5 Å². The smallest absolute Gasteiger partial charge is 0.119 e. The number of hydrogen-bond donors (Lipinski definition) is 0. The van der Waals surface area contributed by atoms with Gasteiger partial charge in [-0.25, -0.2) is 0 Å². The van der Waals surface area contributed by atoms with Crippen LogP contribution in [-0.2, 0) is 12.8 Å². The lowest BCUT2D eigenvalue weighted by atomic mass is 9.66. The standard InChI is InChI=1S/C24H28O2/c1-5-15-11-17-13-19(25-3)8-10-22(17)24-16(6-2)12-18-14-20(26-4)7-9-21(18)23(15)24/h7-10,13-16H,5-6,11-12H2,1-4H3/t15-,16-/m1/s1. The van der Waals surface area contributed by atoms with Crippen molar-refractivity contribution in [1.29, 1.82) is 0 Å². The molecule has 0 N–H and O–H groups in total. The highest BCUT2D eigenvalue weighted by Gasteiger charge is 2.35. The molecule has 2 aromatic rings. The van der Waals surface area contributed by atoms with Gasteiger partial charge in [-0.1, -0.05) is 26.0 Å². The summed E-state index contributed by atoms with van der Waals surface area (Å²) >= 11 is 0. The third-order valence-electron chi connectivity index (χ3n) is 6.23. The van der Waals surface area contributed by atoms with Crippen LogP contribution >= 0.6 is 0 Å². The molecular formula is C24H28O2. The van der Waals surface area contributed by atoms with E-state index in [9.17, 15) is 0 Å². The maximum absolute atomic E-state index is 5.49. The van der Waals surface area contributed by atoms with Crippen LogP contribution in [0.4, 0.5) is 0 Å². The van der Waals surface area contributed by atoms with Gasteiger partial charge >= 0.3 is 0 Å². The van der Waals surface area contributed by atoms with Gasteiger partial charge in [0, 0.05) is 0 Å². The summed E-state index contributed by atoms with van der Waals surface area (Å²) in [6, 6.07) is 13.3. The Balaban J connectivity index is 1.96. The molecule has 136 valence electrons. The summed E-state index contributed by atoms with van der Waals surface area (Å²) in [5.74, 6) is 3.09. The van der Waals surface area contributed by atoms with Crippen LogP contribution in [0.3, 0.4) is 0 Å². The molecule has 2 heteroatoms. The zero-order chi connectivity index (χ0) is 18.3. The van der Waals surface area contributed by atoms with Crippen molar-refractivity contribution in [1.82, 2.24) is 0 Å². The lowest BCUT2D eigenvalue weighted by Crippen LogP contribution is -2.24. The van der Waals surface area contributed by atoms with Crippen molar-refractivity contribution < 1.29 is 9.47 Å². The van der Waals surface area contributed by atoms with Crippen molar-refractivity contribution >= 4 is 11.1 Å². The van der Waals surface area contributed by atoms with E-state index in [1.807, 2.05) is 0 Å². The summed E-state index contributed by atoms with van der Waals surface area (Å²) < 4.78 is 11.0. The van der Waals surface area contributed by atoms with E-state index in [1.54, 1.807) is 25.4 Å². The normalized spacial score (nSPS) is 20.9. The second kappa shape index (κ2) is 6.83. The van der Waals surface area contributed by atoms with Gasteiger partial charge in [-0.2, -0.15) is 0 Å². The van der Waals surface area contributed by atoms with Crippen molar-refractivity contribution in [3.63, 3.8) is 0 Å². The minimum atomic E-state index is 0.575. The third-order valence-corrected chi connectivity index (χ3v) is 6.23. The van der Waals surface area contributed by atoms with Gasteiger partial charge < -0.3 is 9.47 Å². The summed E-state index contributed by atoms with van der Waals surface area (Å²) in [5, 5.41) is 0. The average molecular weight is 348 g/mol. The molecule has 2 aromatic carbocycles. The van der Waals surface area contributed by atoms with E-state index in [0.717, 1.165) is 37.2 Å². The lowest BCUT2D eigenvalue weighted by Gasteiger charge is -2.39. The highest BCUT2D eigenvalue weighted by molar-refractivity contribution is 5.98. The molecule has 0 aliphatic heterocycles. The fourth-order valence-electron chi connectivity index (χ4n) is 4.86. The zero-order valence-corrected chi connectivity index (χ0v) is 16.3. The summed E-state index contributed by atoms with van der Waals surface area (Å²) in [6.07, 6.45) is 4.53. The second-order valence-electron chi connectivity index (χ2n) is 7.49. The van der Waals surface area contributed by atoms with Gasteiger partial charge in [-0.3, -0.25) is 0 Å². The quantitative estimate of drug-likeness (QED) is 0.697. The van der Waals surface area contributed by atoms with E-state index in [-0.39, 0.29) is 0 Å². The Bertz CT molecular complexity index is 791. The van der Waals surface area contributed by atoms with Crippen LogP contribution in [0.2, 0.25) is 0 Å². The highest BCUT2D eigenvalue weighted by Crippen LogP contribution is 2.51. The molecule has 0 spiro atoms. The van der Waals surface area contributed by atoms with Gasteiger partial charge in [0.2, 0.25) is 0 Å². The molecule has 2 atom stereocenters. The molecule has 2 aliphatic rings. The Morgan fingerprint density at radius 3 is 1.50 bits per heavy atom. The third kappa shape index (κ3) is 2.63. The van der Waals surface area contributed by atoms with Gasteiger partial charge in [0.1, 0.15) is 11.5 Å². The van der Waals surface area contributed by atoms with Gasteiger partial charge in [-0.15, -0.1) is 0 Å². The Hall–Kier alpha value is -2.22. The second-order valence-corrected chi connectivity index (χ2v) is 7.49. The van der Waals surface area contributed by atoms with Crippen molar-refractivity contribution in [2.75, 3.05) is 14.2 Å². The van der Waals surface area contributed by atoms with Gasteiger partial charge in [0.15, 0.2) is 0 Å². The predicted molar refractivity (Wildman–Crippen MR) is 108 cm³/mol. The Morgan fingerprint density at radius 1 is 0.731 bits per heavy atom. The molecule has 0 unspecified atom stereocenters. The first kappa shape index (κ1) is 17.2. The van der Waals surface area contributed by atoms with E-state index in [1.165, 1.54) is 22.3 Å². The number of benzene rings is 2. The van der Waals surface area contributed by atoms with E-state index in [4.69, 9.17) is 9.47 Å². The van der Waals surface area contributed by atoms with Crippen LogP contribution < -0.4 is 9.47 Å². The molecular weight excluding hydrogens is 320 g/mol. The Kier molecular flexibility index (Phi) is 4.52. The maximum atomic E-state index is 5.49. The molecule has 0 bridgehead atoms. The fourth-order valence-corrected chi connectivity index (χ4v) is 4.86. The SMILES string of the molecule is CC[C@@H]1Cc2cc(OC)ccc2C2=C1c1ccc(OC)cc1C[C@H]2CC. The van der Waals surface area contributed by atoms with E-state index in [0.29, 0.717) is 11.8 Å². The monoisotopic (exact) mass is 348 g/mol. The predicted octanol–water partition coefficient (Wildman–Crippen LogP) is 5.78. The Labute approximate surface area is 156 Å². The van der Waals surface area contributed by atoms with Crippen LogP contribution in [0.5, 0.6) is 11.5 Å². The molecule has 26 heavy (non-hydrogen) atoms. The van der Waals surface area contributed by atoms with Crippen LogP contribution in [-0.4, -0.2) is 14.2 Å². The average Bonchev–Trinajstić information content (AvgIpc) is 2.70. The molecule has 0 aromatic heterocycles. The molecule has 0 radical (unpaired) electrons. The molecule has 0 heterocycles. The Morgan fingerprint density at radius 2 is 1.15 bits per heavy atom. The summed E-state index contributed by atoms with van der Waals surface area (Å²) in [7, 11) is 3.51. The number of methoxy groups -OCH3 is 2. The van der Waals surface area contributed by atoms with Gasteiger partial charge in [-0.05, 0) is 95.2 Å². The number of fused-ring (bicyclic) bond motifs is 4. The van der Waals surface area contributed by atoms with Crippen LogP contribution in [0.25, 0.3) is 11.1 Å². The van der Waals surface area contributed by atoms with E-state index >= 15 is 0 Å². The zero-order valence-electron chi connectivity index (χ0n) is 16.3. The minimum Gasteiger partial charge on any atom is -0.497 e. The van der Waals surface area contributed by atoms with Crippen LogP contribution in [0.15, 0.2) is 36.4 Å². The first-order valence-electron chi connectivity index (χ1n) is 9.78. The molecule has 4 rings (SSSR count). The van der Waals surface area contributed by atoms with Crippen LogP contribution in [0.1, 0.15) is 48.9 Å². The number of ether oxygens (including phenoxy) is 2. The van der Waals surface area contributed by atoms with Crippen LogP contribution in [0, 0.1) is 11.8 Å². The molecule has 0 amide bonds. The molecule has 2 aliphatic carbocycles. The number of allylic oxidation sites excluding steroid dienone is 2. The van der Waals surface area contributed by atoms with Gasteiger partial charge in [0.25, 0.3) is 0 Å². The number of rotatable bonds is 4. The summed E-state index contributed by atoms with van der Waals surface area (Å²) in [4.78, 5) is 0. The van der Waals surface area contributed by atoms with Gasteiger partial charge in [0.05, 0.1) is 14.2 Å². The fraction of sp³-hybridized carbons (Fsp3) is 0.417. The largest absolute Gasteiger partial charge is 0.497 e. The minimum absolute atomic E-state index is 0.575. The maximum Gasteiger partial charge on any atom is 0.119 e. The molecule has 2 nitrogen and oxygen atoms in total. The topological polar surface area (TPSA) is 18.5 Å². The molecule has 0 saturated heterocycles. The first-order chi connectivity index (χ1) is 12.7. The lowest BCUT2D eigenvalue weighted by molar-refractivity contribution is 0.413. The van der Waals surface area contributed by atoms with E-state index in [2.05, 4.69) is 50.2 Å².